The van der Waals surface area contributed by atoms with Crippen LogP contribution in [-0.2, 0) is 29.7 Å². The number of hydrogen-bond donors (Lipinski definition) is 0. The first-order chi connectivity index (χ1) is 17.0. The summed E-state index contributed by atoms with van der Waals surface area (Å²) in [7, 11) is 0. The van der Waals surface area contributed by atoms with Crippen molar-refractivity contribution < 1.29 is 29.7 Å². The van der Waals surface area contributed by atoms with Gasteiger partial charge in [-0.1, -0.05) is 47.4 Å². The normalized spacial score (nSPS) is 10.1. The second-order valence-corrected chi connectivity index (χ2v) is 7.60. The molecule has 0 N–H and O–H groups in total. The molecule has 0 unspecified atom stereocenters. The third kappa shape index (κ3) is 6.53. The van der Waals surface area contributed by atoms with Crippen molar-refractivity contribution in [3.05, 3.63) is 86.0 Å². The molecule has 36 heavy (non-hydrogen) atoms. The van der Waals surface area contributed by atoms with Crippen LogP contribution in [-0.4, -0.2) is 41.5 Å². The van der Waals surface area contributed by atoms with Gasteiger partial charge in [0, 0.05) is 23.4 Å². The fourth-order valence-corrected chi connectivity index (χ4v) is 3.42. The zero-order chi connectivity index (χ0) is 24.6. The molecule has 2 aromatic carbocycles. The van der Waals surface area contributed by atoms with E-state index in [0.29, 0.717) is 0 Å². The van der Waals surface area contributed by atoms with Crippen molar-refractivity contribution in [3.8, 4) is 0 Å². The Labute approximate surface area is 220 Å². The van der Waals surface area contributed by atoms with Gasteiger partial charge in [-0.05, 0) is 35.7 Å². The van der Waals surface area contributed by atoms with Crippen molar-refractivity contribution in [1.82, 2.24) is 29.9 Å². The topological polar surface area (TPSA) is 111 Å². The van der Waals surface area contributed by atoms with Crippen LogP contribution in [0, 0.1) is 12.1 Å². The molecule has 9 heteroatoms. The number of carbonyl (C=O) groups excluding carboxylic acids is 2. The molecule has 4 heterocycles. The van der Waals surface area contributed by atoms with Gasteiger partial charge < -0.3 is 9.97 Å². The molecule has 0 saturated carbocycles. The van der Waals surface area contributed by atoms with E-state index in [1.807, 2.05) is 24.3 Å². The zero-order valence-corrected chi connectivity index (χ0v) is 21.9. The minimum absolute atomic E-state index is 0. The minimum Gasteiger partial charge on any atom is -0.352 e. The van der Waals surface area contributed by atoms with Crippen LogP contribution in [0.3, 0.4) is 0 Å². The van der Waals surface area contributed by atoms with E-state index in [4.69, 9.17) is 0 Å². The summed E-state index contributed by atoms with van der Waals surface area (Å²) in [6.45, 7) is 2.81. The van der Waals surface area contributed by atoms with Gasteiger partial charge in [0.25, 0.3) is 0 Å². The SMILES string of the molecule is CC(=O)CC(C)=O.[Ir+3].[c-]1ccnc2ccc3cncnc3c12.[c-]1ccnc2ccc3cncnc3c12. The van der Waals surface area contributed by atoms with E-state index in [9.17, 15) is 9.59 Å². The van der Waals surface area contributed by atoms with Gasteiger partial charge in [0.1, 0.15) is 24.2 Å². The Balaban J connectivity index is 0.000000158. The average molecular weight is 653 g/mol. The fraction of sp³-hybridized carbons (Fsp3) is 0.111. The van der Waals surface area contributed by atoms with E-state index in [1.54, 1.807) is 49.6 Å². The number of fused-ring (bicyclic) bond motifs is 6. The summed E-state index contributed by atoms with van der Waals surface area (Å²) < 4.78 is 0. The summed E-state index contributed by atoms with van der Waals surface area (Å²) in [5.41, 5.74) is 3.65. The van der Waals surface area contributed by atoms with Gasteiger partial charge in [-0.15, -0.1) is 24.3 Å². The van der Waals surface area contributed by atoms with E-state index in [-0.39, 0.29) is 38.1 Å². The van der Waals surface area contributed by atoms with Crippen molar-refractivity contribution in [2.75, 3.05) is 0 Å². The Morgan fingerprint density at radius 3 is 1.53 bits per heavy atom. The van der Waals surface area contributed by atoms with Gasteiger partial charge in [0.05, 0.1) is 6.42 Å². The Morgan fingerprint density at radius 2 is 1.14 bits per heavy atom. The van der Waals surface area contributed by atoms with Gasteiger partial charge in [-0.2, -0.15) is 0 Å². The predicted octanol–water partition coefficient (Wildman–Crippen LogP) is 4.51. The summed E-state index contributed by atoms with van der Waals surface area (Å²) in [6.07, 6.45) is 10.2. The average Bonchev–Trinajstić information content (AvgIpc) is 2.88. The third-order valence-electron chi connectivity index (χ3n) is 4.84. The van der Waals surface area contributed by atoms with Crippen LogP contribution in [0.1, 0.15) is 20.3 Å². The van der Waals surface area contributed by atoms with Gasteiger partial charge in [-0.25, -0.2) is 9.97 Å². The van der Waals surface area contributed by atoms with Crippen LogP contribution in [0.4, 0.5) is 0 Å². The molecule has 0 aliphatic rings. The summed E-state index contributed by atoms with van der Waals surface area (Å²) in [5.74, 6) is -0.125. The van der Waals surface area contributed by atoms with Crippen LogP contribution < -0.4 is 0 Å². The molecule has 4 aromatic heterocycles. The summed E-state index contributed by atoms with van der Waals surface area (Å²) in [5, 5.41) is 3.94. The first-order valence-electron chi connectivity index (χ1n) is 10.7. The molecule has 0 saturated heterocycles. The number of aromatic nitrogens is 6. The first-order valence-corrected chi connectivity index (χ1v) is 10.7. The van der Waals surface area contributed by atoms with Crippen molar-refractivity contribution in [3.63, 3.8) is 0 Å². The quantitative estimate of drug-likeness (QED) is 0.153. The number of Topliss-reactive ketones (excluding diaryl/α,β-unsaturated/α-hetero) is 2. The van der Waals surface area contributed by atoms with E-state index in [1.165, 1.54) is 13.8 Å². The molecular formula is C27H20IrN6O2+. The maximum absolute atomic E-state index is 10.0. The Bertz CT molecular complexity index is 1430. The second-order valence-electron chi connectivity index (χ2n) is 7.60. The van der Waals surface area contributed by atoms with Crippen LogP contribution in [0.5, 0.6) is 0 Å². The molecule has 0 aliphatic carbocycles. The van der Waals surface area contributed by atoms with Crippen molar-refractivity contribution in [1.29, 1.82) is 0 Å². The maximum atomic E-state index is 10.0. The Morgan fingerprint density at radius 1 is 0.694 bits per heavy atom. The van der Waals surface area contributed by atoms with Crippen LogP contribution in [0.25, 0.3) is 43.6 Å². The predicted molar refractivity (Wildman–Crippen MR) is 133 cm³/mol. The summed E-state index contributed by atoms with van der Waals surface area (Å²) in [6, 6.07) is 17.7. The molecule has 0 fully saturated rings. The van der Waals surface area contributed by atoms with Gasteiger partial charge in [0.2, 0.25) is 0 Å². The molecular weight excluding hydrogens is 633 g/mol. The van der Waals surface area contributed by atoms with Crippen molar-refractivity contribution in [2.24, 2.45) is 0 Å². The smallest absolute Gasteiger partial charge is 0.352 e. The number of benzene rings is 2. The molecule has 0 bridgehead atoms. The van der Waals surface area contributed by atoms with Crippen LogP contribution in [0.15, 0.2) is 73.8 Å². The molecule has 6 rings (SSSR count). The van der Waals surface area contributed by atoms with Gasteiger partial charge in [0.15, 0.2) is 0 Å². The standard InChI is InChI=1S/2C11H6N3.C5H8O2.Ir/c2*1-2-9-10(13-5-1)4-3-8-6-12-7-14-11(8)9;1-4(6)3-5(2)7;/h2*1,3-7H;3H2,1-2H3;/q2*-1;;+3. The van der Waals surface area contributed by atoms with Gasteiger partial charge >= 0.3 is 20.1 Å². The molecule has 0 atom stereocenters. The number of hydrogen-bond acceptors (Lipinski definition) is 8. The van der Waals surface area contributed by atoms with E-state index < -0.39 is 0 Å². The largest absolute Gasteiger partial charge is 3.00 e. The number of carbonyl (C=O) groups is 2. The molecule has 8 nitrogen and oxygen atoms in total. The summed E-state index contributed by atoms with van der Waals surface area (Å²) in [4.78, 5) is 44.9. The number of rotatable bonds is 2. The van der Waals surface area contributed by atoms with E-state index >= 15 is 0 Å². The van der Waals surface area contributed by atoms with Crippen molar-refractivity contribution in [2.45, 2.75) is 20.3 Å². The maximum Gasteiger partial charge on any atom is 3.00 e. The second kappa shape index (κ2) is 12.6. The molecule has 6 aromatic rings. The summed E-state index contributed by atoms with van der Waals surface area (Å²) >= 11 is 0. The first kappa shape index (κ1) is 26.5. The molecule has 0 amide bonds. The van der Waals surface area contributed by atoms with Gasteiger partial charge in [-0.3, -0.25) is 19.6 Å². The van der Waals surface area contributed by atoms with Crippen LogP contribution in [0.2, 0.25) is 0 Å². The minimum atomic E-state index is -0.0625. The fourth-order valence-electron chi connectivity index (χ4n) is 3.42. The monoisotopic (exact) mass is 653 g/mol. The Kier molecular flexibility index (Phi) is 9.27. The third-order valence-corrected chi connectivity index (χ3v) is 4.84. The molecule has 0 radical (unpaired) electrons. The zero-order valence-electron chi connectivity index (χ0n) is 19.5. The van der Waals surface area contributed by atoms with E-state index in [0.717, 1.165) is 43.6 Å². The number of nitrogens with zero attached hydrogens (tertiary/aromatic N) is 6. The van der Waals surface area contributed by atoms with Crippen LogP contribution >= 0.6 is 0 Å². The molecule has 178 valence electrons. The Hall–Kier alpha value is -4.07. The van der Waals surface area contributed by atoms with Crippen molar-refractivity contribution >= 4 is 55.2 Å². The molecule has 0 spiro atoms. The molecule has 0 aliphatic heterocycles. The van der Waals surface area contributed by atoms with E-state index in [2.05, 4.69) is 42.0 Å². The number of pyridine rings is 2. The number of ketones is 2.